The molecule has 1 aromatic carbocycles. The lowest BCUT2D eigenvalue weighted by Gasteiger charge is -2.09. The Labute approximate surface area is 124 Å². The van der Waals surface area contributed by atoms with E-state index < -0.39 is 22.4 Å². The monoisotopic (exact) mass is 335 g/mol. The summed E-state index contributed by atoms with van der Waals surface area (Å²) in [5.41, 5.74) is 0.845. The zero-order valence-corrected chi connectivity index (χ0v) is 12.5. The van der Waals surface area contributed by atoms with Crippen molar-refractivity contribution in [3.8, 4) is 0 Å². The summed E-state index contributed by atoms with van der Waals surface area (Å²) in [5.74, 6) is -0.880. The zero-order valence-electron chi connectivity index (χ0n) is 10.1. The molecule has 0 atom stereocenters. The van der Waals surface area contributed by atoms with Crippen LogP contribution in [-0.2, 0) is 23.2 Å². The quantitative estimate of drug-likeness (QED) is 0.882. The van der Waals surface area contributed by atoms with Crippen molar-refractivity contribution in [1.29, 1.82) is 0 Å². The molecular weight excluding hydrogens is 325 g/mol. The molecule has 2 N–H and O–H groups in total. The highest BCUT2D eigenvalue weighted by Gasteiger charge is 2.18. The Morgan fingerprint density at radius 1 is 1.40 bits per heavy atom. The molecule has 0 fully saturated rings. The van der Waals surface area contributed by atoms with Gasteiger partial charge in [-0.1, -0.05) is 11.6 Å². The first-order valence-electron chi connectivity index (χ1n) is 5.53. The number of hydrogen-bond donors (Lipinski definition) is 2. The van der Waals surface area contributed by atoms with E-state index in [-0.39, 0.29) is 22.0 Å². The zero-order chi connectivity index (χ0) is 14.8. The average Bonchev–Trinajstić information content (AvgIpc) is 2.92. The lowest BCUT2D eigenvalue weighted by Crippen LogP contribution is -2.23. The number of sulfonamides is 1. The number of nitrogens with one attached hydrogen (secondary N) is 1. The van der Waals surface area contributed by atoms with Gasteiger partial charge < -0.3 is 5.11 Å². The fourth-order valence-electron chi connectivity index (χ4n) is 1.54. The minimum Gasteiger partial charge on any atom is -0.392 e. The summed E-state index contributed by atoms with van der Waals surface area (Å²) < 4.78 is 40.0. The second-order valence-corrected chi connectivity index (χ2v) is 6.92. The molecule has 2 rings (SSSR count). The Morgan fingerprint density at radius 2 is 2.15 bits per heavy atom. The van der Waals surface area contributed by atoms with Crippen molar-refractivity contribution in [1.82, 2.24) is 4.72 Å². The SMILES string of the molecule is O=S(=O)(NCc1ccsc1)c1cc(F)c(Cl)c(CO)c1. The van der Waals surface area contributed by atoms with Crippen LogP contribution in [0.1, 0.15) is 11.1 Å². The van der Waals surface area contributed by atoms with Gasteiger partial charge in [0.1, 0.15) is 5.82 Å². The predicted octanol–water partition coefficient (Wildman–Crippen LogP) is 2.51. The first-order valence-corrected chi connectivity index (χ1v) is 8.34. The van der Waals surface area contributed by atoms with Crippen molar-refractivity contribution in [3.63, 3.8) is 0 Å². The van der Waals surface area contributed by atoms with Gasteiger partial charge in [-0.05, 0) is 34.5 Å². The number of benzene rings is 1. The molecule has 20 heavy (non-hydrogen) atoms. The van der Waals surface area contributed by atoms with Crippen molar-refractivity contribution >= 4 is 33.0 Å². The van der Waals surface area contributed by atoms with E-state index >= 15 is 0 Å². The smallest absolute Gasteiger partial charge is 0.240 e. The molecule has 108 valence electrons. The molecular formula is C12H11ClFNO3S2. The molecule has 4 nitrogen and oxygen atoms in total. The van der Waals surface area contributed by atoms with Crippen molar-refractivity contribution in [2.45, 2.75) is 18.0 Å². The van der Waals surface area contributed by atoms with Gasteiger partial charge in [0.2, 0.25) is 10.0 Å². The lowest BCUT2D eigenvalue weighted by atomic mass is 10.2. The van der Waals surface area contributed by atoms with Crippen LogP contribution >= 0.6 is 22.9 Å². The van der Waals surface area contributed by atoms with Crippen molar-refractivity contribution in [3.05, 3.63) is 50.9 Å². The van der Waals surface area contributed by atoms with Crippen LogP contribution in [0.15, 0.2) is 33.9 Å². The fraction of sp³-hybridized carbons (Fsp3) is 0.167. The Morgan fingerprint density at radius 3 is 2.75 bits per heavy atom. The number of halogens is 2. The lowest BCUT2D eigenvalue weighted by molar-refractivity contribution is 0.281. The Balaban J connectivity index is 2.27. The van der Waals surface area contributed by atoms with E-state index in [0.717, 1.165) is 17.7 Å². The first-order chi connectivity index (χ1) is 9.44. The fourth-order valence-corrected chi connectivity index (χ4v) is 3.46. The summed E-state index contributed by atoms with van der Waals surface area (Å²) >= 11 is 7.08. The highest BCUT2D eigenvalue weighted by Crippen LogP contribution is 2.24. The maximum Gasteiger partial charge on any atom is 0.240 e. The van der Waals surface area contributed by atoms with E-state index in [9.17, 15) is 12.8 Å². The molecule has 0 saturated carbocycles. The van der Waals surface area contributed by atoms with Gasteiger partial charge in [0.05, 0.1) is 16.5 Å². The Bertz CT molecular complexity index is 702. The van der Waals surface area contributed by atoms with Crippen LogP contribution in [0.25, 0.3) is 0 Å². The van der Waals surface area contributed by atoms with Gasteiger partial charge in [-0.15, -0.1) is 0 Å². The molecule has 0 amide bonds. The summed E-state index contributed by atoms with van der Waals surface area (Å²) in [7, 11) is -3.86. The highest BCUT2D eigenvalue weighted by atomic mass is 35.5. The third-order valence-electron chi connectivity index (χ3n) is 2.60. The summed E-state index contributed by atoms with van der Waals surface area (Å²) in [6.07, 6.45) is 0. The van der Waals surface area contributed by atoms with Gasteiger partial charge >= 0.3 is 0 Å². The molecule has 8 heteroatoms. The minimum absolute atomic E-state index is 0.0302. The second kappa shape index (κ2) is 6.19. The molecule has 0 bridgehead atoms. The highest BCUT2D eigenvalue weighted by molar-refractivity contribution is 7.89. The van der Waals surface area contributed by atoms with Gasteiger partial charge in [0.25, 0.3) is 0 Å². The Kier molecular flexibility index (Phi) is 4.77. The van der Waals surface area contributed by atoms with E-state index in [1.165, 1.54) is 11.3 Å². The molecule has 1 aromatic heterocycles. The van der Waals surface area contributed by atoms with Crippen LogP contribution in [0.4, 0.5) is 4.39 Å². The average molecular weight is 336 g/mol. The number of aliphatic hydroxyl groups excluding tert-OH is 1. The summed E-state index contributed by atoms with van der Waals surface area (Å²) in [6.45, 7) is -0.422. The molecule has 1 heterocycles. The number of hydrogen-bond acceptors (Lipinski definition) is 4. The van der Waals surface area contributed by atoms with Gasteiger partial charge in [0.15, 0.2) is 0 Å². The van der Waals surface area contributed by atoms with E-state index in [0.29, 0.717) is 0 Å². The van der Waals surface area contributed by atoms with Crippen molar-refractivity contribution < 1.29 is 17.9 Å². The van der Waals surface area contributed by atoms with Crippen LogP contribution in [-0.4, -0.2) is 13.5 Å². The normalized spacial score (nSPS) is 11.8. The van der Waals surface area contributed by atoms with Crippen LogP contribution in [0.5, 0.6) is 0 Å². The van der Waals surface area contributed by atoms with Gasteiger partial charge in [-0.3, -0.25) is 0 Å². The standard InChI is InChI=1S/C12H11ClFNO3S2/c13-12-9(6-16)3-10(4-11(12)14)20(17,18)15-5-8-1-2-19-7-8/h1-4,7,15-16H,5-6H2. The predicted molar refractivity (Wildman–Crippen MR) is 75.7 cm³/mol. The Hall–Kier alpha value is -0.990. The van der Waals surface area contributed by atoms with Crippen molar-refractivity contribution in [2.75, 3.05) is 0 Å². The summed E-state index contributed by atoms with van der Waals surface area (Å²) in [6, 6.07) is 3.77. The summed E-state index contributed by atoms with van der Waals surface area (Å²) in [4.78, 5) is -0.265. The molecule has 0 radical (unpaired) electrons. The summed E-state index contributed by atoms with van der Waals surface area (Å²) in [5, 5.41) is 12.4. The third kappa shape index (κ3) is 3.36. The molecule has 2 aromatic rings. The van der Waals surface area contributed by atoms with Crippen molar-refractivity contribution in [2.24, 2.45) is 0 Å². The molecule has 0 saturated heterocycles. The van der Waals surface area contributed by atoms with Crippen LogP contribution in [0.2, 0.25) is 5.02 Å². The van der Waals surface area contributed by atoms with E-state index in [1.54, 1.807) is 6.07 Å². The van der Waals surface area contributed by atoms with E-state index in [4.69, 9.17) is 16.7 Å². The van der Waals surface area contributed by atoms with Crippen LogP contribution in [0.3, 0.4) is 0 Å². The molecule has 0 spiro atoms. The molecule has 0 aliphatic heterocycles. The second-order valence-electron chi connectivity index (χ2n) is 3.99. The minimum atomic E-state index is -3.86. The third-order valence-corrected chi connectivity index (χ3v) is 5.14. The molecule has 0 aliphatic rings. The van der Waals surface area contributed by atoms with Crippen LogP contribution in [0, 0.1) is 5.82 Å². The van der Waals surface area contributed by atoms with Gasteiger partial charge in [-0.25, -0.2) is 17.5 Å². The largest absolute Gasteiger partial charge is 0.392 e. The van der Waals surface area contributed by atoms with E-state index in [1.807, 2.05) is 10.8 Å². The molecule has 0 unspecified atom stereocenters. The van der Waals surface area contributed by atoms with Gasteiger partial charge in [-0.2, -0.15) is 11.3 Å². The number of aliphatic hydroxyl groups is 1. The van der Waals surface area contributed by atoms with Crippen LogP contribution < -0.4 is 4.72 Å². The molecule has 0 aliphatic carbocycles. The van der Waals surface area contributed by atoms with Gasteiger partial charge in [0, 0.05) is 12.1 Å². The number of rotatable bonds is 5. The maximum absolute atomic E-state index is 13.5. The van der Waals surface area contributed by atoms with E-state index in [2.05, 4.69) is 4.72 Å². The number of thiophene rings is 1. The maximum atomic E-state index is 13.5. The topological polar surface area (TPSA) is 66.4 Å². The first kappa shape index (κ1) is 15.4.